The van der Waals surface area contributed by atoms with Crippen molar-refractivity contribution in [2.75, 3.05) is 11.9 Å². The molecule has 2 aromatic carbocycles. The van der Waals surface area contributed by atoms with Gasteiger partial charge in [0.2, 0.25) is 0 Å². The van der Waals surface area contributed by atoms with Gasteiger partial charge in [-0.2, -0.15) is 0 Å². The number of rotatable bonds is 4. The largest absolute Gasteiger partial charge is 0.507 e. The molecule has 6 heteroatoms. The minimum absolute atomic E-state index is 0. The maximum Gasteiger partial charge on any atom is 0.134 e. The number of anilines is 2. The molecule has 148 valence electrons. The molecule has 0 fully saturated rings. The van der Waals surface area contributed by atoms with Crippen LogP contribution in [0, 0.1) is 0 Å². The summed E-state index contributed by atoms with van der Waals surface area (Å²) in [4.78, 5) is 11.2. The van der Waals surface area contributed by atoms with Crippen LogP contribution in [-0.2, 0) is 21.1 Å². The van der Waals surface area contributed by atoms with Crippen molar-refractivity contribution >= 4 is 11.6 Å². The molecule has 0 saturated heterocycles. The van der Waals surface area contributed by atoms with Crippen molar-refractivity contribution in [2.24, 2.45) is 0 Å². The summed E-state index contributed by atoms with van der Waals surface area (Å²) in [6, 6.07) is 25.5. The number of aromatic nitrogens is 2. The van der Waals surface area contributed by atoms with Crippen LogP contribution in [0.15, 0.2) is 84.9 Å². The summed E-state index contributed by atoms with van der Waals surface area (Å²) in [5, 5.41) is 20.2. The van der Waals surface area contributed by atoms with E-state index in [4.69, 9.17) is 0 Å². The fourth-order valence-electron chi connectivity index (χ4n) is 3.02. The molecule has 2 heterocycles. The van der Waals surface area contributed by atoms with Crippen LogP contribution in [0.25, 0.3) is 22.5 Å². The topological polar surface area (TPSA) is 69.5 Å². The van der Waals surface area contributed by atoms with E-state index in [0.29, 0.717) is 34.2 Å². The Bertz CT molecular complexity index is 1050. The Morgan fingerprint density at radius 2 is 1.00 bits per heavy atom. The monoisotopic (exact) mass is 564 g/mol. The van der Waals surface area contributed by atoms with Gasteiger partial charge in [0.1, 0.15) is 23.1 Å². The number of benzene rings is 2. The number of phenolic OH excluding ortho intramolecular Hbond substituents is 2. The van der Waals surface area contributed by atoms with E-state index < -0.39 is 0 Å². The molecule has 2 aromatic heterocycles. The van der Waals surface area contributed by atoms with E-state index in [0.717, 1.165) is 0 Å². The van der Waals surface area contributed by atoms with Crippen LogP contribution in [0.2, 0.25) is 0 Å². The molecule has 0 aliphatic carbocycles. The van der Waals surface area contributed by atoms with Crippen molar-refractivity contribution in [1.82, 2.24) is 9.97 Å². The summed E-state index contributed by atoms with van der Waals surface area (Å²) in [7, 11) is 1.88. The Balaban J connectivity index is 0.00000240. The molecule has 4 aromatic rings. The van der Waals surface area contributed by atoms with Gasteiger partial charge < -0.3 is 15.1 Å². The Hall–Kier alpha value is -3.17. The first-order chi connectivity index (χ1) is 13.6. The van der Waals surface area contributed by atoms with E-state index in [1.165, 1.54) is 0 Å². The SMILES string of the molecule is CN(c1cccc(-c2ccccc2O)n1)c1cccc(-c2ccccc2O)n1.[Pt]. The van der Waals surface area contributed by atoms with Gasteiger partial charge in [0.05, 0.1) is 11.4 Å². The Kier molecular flexibility index (Phi) is 6.30. The van der Waals surface area contributed by atoms with Gasteiger partial charge in [-0.05, 0) is 48.5 Å². The smallest absolute Gasteiger partial charge is 0.134 e. The van der Waals surface area contributed by atoms with Crippen molar-refractivity contribution in [2.45, 2.75) is 0 Å². The molecule has 0 aliphatic heterocycles. The summed E-state index contributed by atoms with van der Waals surface area (Å²) in [5.74, 6) is 1.77. The van der Waals surface area contributed by atoms with Gasteiger partial charge in [-0.3, -0.25) is 0 Å². The Morgan fingerprint density at radius 3 is 1.41 bits per heavy atom. The number of aromatic hydroxyl groups is 2. The van der Waals surface area contributed by atoms with E-state index in [1.807, 2.05) is 72.6 Å². The van der Waals surface area contributed by atoms with Gasteiger partial charge in [0, 0.05) is 39.2 Å². The molecule has 0 radical (unpaired) electrons. The quantitative estimate of drug-likeness (QED) is 0.366. The molecular weight excluding hydrogens is 545 g/mol. The molecule has 0 spiro atoms. The van der Waals surface area contributed by atoms with Crippen LogP contribution in [0.5, 0.6) is 11.5 Å². The molecule has 4 rings (SSSR count). The number of hydrogen-bond donors (Lipinski definition) is 2. The Labute approximate surface area is 183 Å². The van der Waals surface area contributed by atoms with Gasteiger partial charge in [-0.1, -0.05) is 36.4 Å². The predicted octanol–water partition coefficient (Wildman–Crippen LogP) is 4.99. The minimum Gasteiger partial charge on any atom is -0.507 e. The average molecular weight is 565 g/mol. The van der Waals surface area contributed by atoms with Crippen molar-refractivity contribution in [3.05, 3.63) is 84.9 Å². The fraction of sp³-hybridized carbons (Fsp3) is 0.0435. The van der Waals surface area contributed by atoms with E-state index in [-0.39, 0.29) is 32.6 Å². The molecule has 0 bridgehead atoms. The molecule has 0 unspecified atom stereocenters. The second-order valence-corrected chi connectivity index (χ2v) is 6.36. The third-order valence-corrected chi connectivity index (χ3v) is 4.52. The summed E-state index contributed by atoms with van der Waals surface area (Å²) in [6.07, 6.45) is 0. The summed E-state index contributed by atoms with van der Waals surface area (Å²) in [6.45, 7) is 0. The fourth-order valence-corrected chi connectivity index (χ4v) is 3.02. The van der Waals surface area contributed by atoms with Crippen LogP contribution >= 0.6 is 0 Å². The second kappa shape index (κ2) is 8.89. The molecular formula is C23H19N3O2Pt. The maximum atomic E-state index is 10.1. The standard InChI is InChI=1S/C23H19N3O2.Pt/c1-26(22-14-6-10-18(24-22)16-8-2-4-12-20(16)27)23-15-7-11-19(25-23)17-9-3-5-13-21(17)28;/h2-15,27-28H,1H3;. The third kappa shape index (κ3) is 4.30. The molecule has 2 N–H and O–H groups in total. The van der Waals surface area contributed by atoms with Crippen molar-refractivity contribution in [1.29, 1.82) is 0 Å². The minimum atomic E-state index is 0. The molecule has 0 amide bonds. The number of hydrogen-bond acceptors (Lipinski definition) is 5. The van der Waals surface area contributed by atoms with Crippen LogP contribution < -0.4 is 4.90 Å². The van der Waals surface area contributed by atoms with E-state index in [9.17, 15) is 10.2 Å². The zero-order chi connectivity index (χ0) is 19.5. The molecule has 29 heavy (non-hydrogen) atoms. The zero-order valence-electron chi connectivity index (χ0n) is 15.6. The van der Waals surface area contributed by atoms with Crippen molar-refractivity contribution < 1.29 is 31.3 Å². The summed E-state index contributed by atoms with van der Waals surface area (Å²) >= 11 is 0. The van der Waals surface area contributed by atoms with Gasteiger partial charge >= 0.3 is 0 Å². The van der Waals surface area contributed by atoms with E-state index in [1.54, 1.807) is 24.3 Å². The van der Waals surface area contributed by atoms with E-state index >= 15 is 0 Å². The summed E-state index contributed by atoms with van der Waals surface area (Å²) < 4.78 is 0. The van der Waals surface area contributed by atoms with Crippen LogP contribution in [-0.4, -0.2) is 27.2 Å². The molecule has 0 atom stereocenters. The number of phenols is 2. The Morgan fingerprint density at radius 1 is 0.586 bits per heavy atom. The summed E-state index contributed by atoms with van der Waals surface area (Å²) in [5.41, 5.74) is 2.71. The predicted molar refractivity (Wildman–Crippen MR) is 111 cm³/mol. The molecule has 0 saturated carbocycles. The zero-order valence-corrected chi connectivity index (χ0v) is 17.9. The molecule has 0 aliphatic rings. The third-order valence-electron chi connectivity index (χ3n) is 4.52. The number of para-hydroxylation sites is 2. The van der Waals surface area contributed by atoms with Gasteiger partial charge in [0.15, 0.2) is 0 Å². The second-order valence-electron chi connectivity index (χ2n) is 6.36. The maximum absolute atomic E-state index is 10.1. The van der Waals surface area contributed by atoms with Crippen molar-refractivity contribution in [3.8, 4) is 34.0 Å². The van der Waals surface area contributed by atoms with Crippen molar-refractivity contribution in [3.63, 3.8) is 0 Å². The van der Waals surface area contributed by atoms with Gasteiger partial charge in [-0.25, -0.2) is 9.97 Å². The van der Waals surface area contributed by atoms with Crippen LogP contribution in [0.1, 0.15) is 0 Å². The van der Waals surface area contributed by atoms with Crippen LogP contribution in [0.3, 0.4) is 0 Å². The first-order valence-corrected chi connectivity index (χ1v) is 8.88. The average Bonchev–Trinajstić information content (AvgIpc) is 2.74. The van der Waals surface area contributed by atoms with E-state index in [2.05, 4.69) is 9.97 Å². The normalized spacial score (nSPS) is 10.2. The number of pyridine rings is 2. The van der Waals surface area contributed by atoms with Crippen LogP contribution in [0.4, 0.5) is 11.6 Å². The van der Waals surface area contributed by atoms with Gasteiger partial charge in [-0.15, -0.1) is 0 Å². The first-order valence-electron chi connectivity index (χ1n) is 8.88. The first kappa shape index (κ1) is 20.6. The molecule has 5 nitrogen and oxygen atoms in total. The number of nitrogens with zero attached hydrogens (tertiary/aromatic N) is 3. The van der Waals surface area contributed by atoms with Gasteiger partial charge in [0.25, 0.3) is 0 Å².